The third-order valence-electron chi connectivity index (χ3n) is 6.28. The van der Waals surface area contributed by atoms with Crippen molar-refractivity contribution >= 4 is 28.3 Å². The molecule has 3 heterocycles. The van der Waals surface area contributed by atoms with E-state index in [0.717, 1.165) is 16.5 Å². The molecular weight excluding hydrogens is 382 g/mol. The number of carbonyl (C=O) groups excluding carboxylic acids is 2. The number of carbonyl (C=O) groups is 2. The van der Waals surface area contributed by atoms with E-state index >= 15 is 0 Å². The molecule has 154 valence electrons. The number of hydrogen-bond donors (Lipinski definition) is 1. The van der Waals surface area contributed by atoms with Crippen molar-refractivity contribution in [1.29, 1.82) is 0 Å². The van der Waals surface area contributed by atoms with Crippen molar-refractivity contribution in [3.05, 3.63) is 59.3 Å². The molecule has 2 saturated heterocycles. The van der Waals surface area contributed by atoms with Crippen LogP contribution in [0.3, 0.4) is 0 Å². The molecule has 0 saturated carbocycles. The quantitative estimate of drug-likeness (QED) is 0.721. The van der Waals surface area contributed by atoms with Crippen LogP contribution in [0, 0.1) is 5.92 Å². The number of amides is 2. The van der Waals surface area contributed by atoms with Gasteiger partial charge in [0.25, 0.3) is 0 Å². The van der Waals surface area contributed by atoms with E-state index in [2.05, 4.69) is 10.2 Å². The first-order valence-electron chi connectivity index (χ1n) is 10.3. The summed E-state index contributed by atoms with van der Waals surface area (Å²) in [5, 5.41) is 8.30. The lowest BCUT2D eigenvalue weighted by Gasteiger charge is -2.33. The summed E-state index contributed by atoms with van der Waals surface area (Å²) in [7, 11) is 0. The second-order valence-electron chi connectivity index (χ2n) is 8.03. The minimum atomic E-state index is -0.329. The SMILES string of the molecule is O=C(C1CC(=O)N(c2cccc3ccccc23)C1)N1CCC(n2cn[nH]c2=O)CC1. The average molecular weight is 405 g/mol. The van der Waals surface area contributed by atoms with E-state index in [9.17, 15) is 14.4 Å². The lowest BCUT2D eigenvalue weighted by atomic mass is 10.0. The lowest BCUT2D eigenvalue weighted by Crippen LogP contribution is -2.43. The average Bonchev–Trinajstić information content (AvgIpc) is 3.38. The van der Waals surface area contributed by atoms with Crippen LogP contribution in [0.25, 0.3) is 10.8 Å². The molecule has 2 aromatic carbocycles. The van der Waals surface area contributed by atoms with Crippen LogP contribution in [0.1, 0.15) is 25.3 Å². The van der Waals surface area contributed by atoms with Crippen LogP contribution in [0.4, 0.5) is 5.69 Å². The first-order chi connectivity index (χ1) is 14.6. The van der Waals surface area contributed by atoms with Gasteiger partial charge in [0, 0.05) is 37.5 Å². The topological polar surface area (TPSA) is 91.3 Å². The van der Waals surface area contributed by atoms with Gasteiger partial charge in [-0.3, -0.25) is 14.2 Å². The van der Waals surface area contributed by atoms with Gasteiger partial charge in [-0.1, -0.05) is 36.4 Å². The molecule has 8 nitrogen and oxygen atoms in total. The summed E-state index contributed by atoms with van der Waals surface area (Å²) >= 11 is 0. The second-order valence-corrected chi connectivity index (χ2v) is 8.03. The maximum absolute atomic E-state index is 13.1. The molecule has 5 rings (SSSR count). The number of likely N-dealkylation sites (tertiary alicyclic amines) is 1. The van der Waals surface area contributed by atoms with Crippen molar-refractivity contribution in [3.63, 3.8) is 0 Å². The fraction of sp³-hybridized carbons (Fsp3) is 0.364. The number of hydrogen-bond acceptors (Lipinski definition) is 4. The minimum Gasteiger partial charge on any atom is -0.342 e. The van der Waals surface area contributed by atoms with Crippen LogP contribution in [-0.4, -0.2) is 51.1 Å². The molecule has 0 radical (unpaired) electrons. The van der Waals surface area contributed by atoms with E-state index in [4.69, 9.17) is 0 Å². The molecule has 1 unspecified atom stereocenters. The number of fused-ring (bicyclic) bond motifs is 1. The van der Waals surface area contributed by atoms with Crippen LogP contribution >= 0.6 is 0 Å². The van der Waals surface area contributed by atoms with Crippen molar-refractivity contribution in [1.82, 2.24) is 19.7 Å². The number of piperidine rings is 1. The minimum absolute atomic E-state index is 0.00969. The first-order valence-corrected chi connectivity index (χ1v) is 10.3. The van der Waals surface area contributed by atoms with Crippen molar-refractivity contribution < 1.29 is 9.59 Å². The summed E-state index contributed by atoms with van der Waals surface area (Å²) in [6, 6.07) is 13.9. The van der Waals surface area contributed by atoms with Crippen LogP contribution < -0.4 is 10.6 Å². The molecule has 3 aromatic rings. The van der Waals surface area contributed by atoms with Gasteiger partial charge in [0.1, 0.15) is 6.33 Å². The first kappa shape index (κ1) is 18.6. The number of rotatable bonds is 3. The maximum atomic E-state index is 13.1. The lowest BCUT2D eigenvalue weighted by molar-refractivity contribution is -0.137. The van der Waals surface area contributed by atoms with E-state index in [1.165, 1.54) is 6.33 Å². The molecule has 2 amide bonds. The largest absolute Gasteiger partial charge is 0.343 e. The number of aromatic amines is 1. The molecule has 0 spiro atoms. The highest BCUT2D eigenvalue weighted by Crippen LogP contribution is 2.33. The summed E-state index contributed by atoms with van der Waals surface area (Å²) in [5.41, 5.74) is 0.651. The van der Waals surface area contributed by atoms with E-state index in [-0.39, 0.29) is 35.9 Å². The number of nitrogens with zero attached hydrogens (tertiary/aromatic N) is 4. The summed E-state index contributed by atoms with van der Waals surface area (Å²) in [6.07, 6.45) is 3.17. The number of H-pyrrole nitrogens is 1. The molecule has 1 atom stereocenters. The highest BCUT2D eigenvalue weighted by molar-refractivity contribution is 6.07. The van der Waals surface area contributed by atoms with Crippen LogP contribution in [0.5, 0.6) is 0 Å². The zero-order chi connectivity index (χ0) is 20.7. The highest BCUT2D eigenvalue weighted by atomic mass is 16.2. The molecule has 0 aliphatic carbocycles. The Morgan fingerprint density at radius 2 is 1.80 bits per heavy atom. The van der Waals surface area contributed by atoms with Gasteiger partial charge in [-0.05, 0) is 24.3 Å². The Morgan fingerprint density at radius 3 is 2.57 bits per heavy atom. The fourth-order valence-corrected chi connectivity index (χ4v) is 4.69. The van der Waals surface area contributed by atoms with E-state index in [1.54, 1.807) is 9.47 Å². The van der Waals surface area contributed by atoms with Gasteiger partial charge in [-0.25, -0.2) is 9.89 Å². The molecule has 1 aromatic heterocycles. The van der Waals surface area contributed by atoms with Crippen molar-refractivity contribution in [3.8, 4) is 0 Å². The number of nitrogens with one attached hydrogen (secondary N) is 1. The molecule has 2 aliphatic heterocycles. The molecule has 2 aliphatic rings. The van der Waals surface area contributed by atoms with Crippen LogP contribution in [0.15, 0.2) is 53.6 Å². The summed E-state index contributed by atoms with van der Waals surface area (Å²) in [6.45, 7) is 1.58. The standard InChI is InChI=1S/C22H23N5O3/c28-20-12-16(13-26(20)19-7-3-5-15-4-1-2-6-18(15)19)21(29)25-10-8-17(9-11-25)27-14-23-24-22(27)30/h1-7,14,16-17H,8-13H2,(H,24,30). The maximum Gasteiger partial charge on any atom is 0.343 e. The van der Waals surface area contributed by atoms with Gasteiger partial charge in [-0.2, -0.15) is 5.10 Å². The third-order valence-corrected chi connectivity index (χ3v) is 6.28. The molecular formula is C22H23N5O3. The Bertz CT molecular complexity index is 1150. The van der Waals surface area contributed by atoms with Gasteiger partial charge in [0.05, 0.1) is 11.6 Å². The zero-order valence-electron chi connectivity index (χ0n) is 16.5. The summed E-state index contributed by atoms with van der Waals surface area (Å²) in [5.74, 6) is -0.307. The van der Waals surface area contributed by atoms with Gasteiger partial charge in [0.15, 0.2) is 0 Å². The van der Waals surface area contributed by atoms with Crippen molar-refractivity contribution in [2.24, 2.45) is 5.92 Å². The van der Waals surface area contributed by atoms with Gasteiger partial charge in [0.2, 0.25) is 11.8 Å². The smallest absolute Gasteiger partial charge is 0.342 e. The van der Waals surface area contributed by atoms with Crippen molar-refractivity contribution in [2.45, 2.75) is 25.3 Å². The Kier molecular flexibility index (Phi) is 4.61. The number of aromatic nitrogens is 3. The van der Waals surface area contributed by atoms with Crippen LogP contribution in [-0.2, 0) is 9.59 Å². The zero-order valence-corrected chi connectivity index (χ0v) is 16.5. The summed E-state index contributed by atoms with van der Waals surface area (Å²) < 4.78 is 1.60. The van der Waals surface area contributed by atoms with E-state index in [0.29, 0.717) is 32.5 Å². The Balaban J connectivity index is 1.28. The number of anilines is 1. The Hall–Kier alpha value is -3.42. The molecule has 1 N–H and O–H groups in total. The van der Waals surface area contributed by atoms with Gasteiger partial charge in [-0.15, -0.1) is 0 Å². The van der Waals surface area contributed by atoms with Crippen molar-refractivity contribution in [2.75, 3.05) is 24.5 Å². The fourth-order valence-electron chi connectivity index (χ4n) is 4.69. The van der Waals surface area contributed by atoms with E-state index < -0.39 is 0 Å². The second kappa shape index (κ2) is 7.44. The van der Waals surface area contributed by atoms with Crippen LogP contribution in [0.2, 0.25) is 0 Å². The van der Waals surface area contributed by atoms with Gasteiger partial charge >= 0.3 is 5.69 Å². The predicted octanol–water partition coefficient (Wildman–Crippen LogP) is 1.94. The van der Waals surface area contributed by atoms with E-state index in [1.807, 2.05) is 47.4 Å². The Morgan fingerprint density at radius 1 is 1.03 bits per heavy atom. The van der Waals surface area contributed by atoms with Gasteiger partial charge < -0.3 is 9.80 Å². The third kappa shape index (κ3) is 3.18. The summed E-state index contributed by atoms with van der Waals surface area (Å²) in [4.78, 5) is 41.2. The molecule has 8 heteroatoms. The molecule has 2 fully saturated rings. The normalized spacial score (nSPS) is 20.3. The number of benzene rings is 2. The highest BCUT2D eigenvalue weighted by Gasteiger charge is 2.38. The predicted molar refractivity (Wildman–Crippen MR) is 112 cm³/mol. The molecule has 30 heavy (non-hydrogen) atoms. The Labute approximate surface area is 173 Å². The monoisotopic (exact) mass is 405 g/mol. The molecule has 0 bridgehead atoms.